The maximum Gasteiger partial charge on any atom is 0.227 e. The van der Waals surface area contributed by atoms with Gasteiger partial charge in [-0.3, -0.25) is 4.79 Å². The number of carbonyl (C=O) groups is 1. The number of nitrogens with zero attached hydrogens (tertiary/aromatic N) is 3. The molecule has 0 amide bonds. The van der Waals surface area contributed by atoms with Gasteiger partial charge < -0.3 is 10.2 Å². The largest absolute Gasteiger partial charge is 0.341 e. The van der Waals surface area contributed by atoms with Gasteiger partial charge in [-0.25, -0.2) is 4.98 Å². The van der Waals surface area contributed by atoms with E-state index in [2.05, 4.69) is 20.2 Å². The van der Waals surface area contributed by atoms with Crippen molar-refractivity contribution in [3.63, 3.8) is 0 Å². The molecule has 5 heteroatoms. The Morgan fingerprint density at radius 1 is 1.08 bits per heavy atom. The highest BCUT2D eigenvalue weighted by Gasteiger charge is 2.14. The van der Waals surface area contributed by atoms with Crippen LogP contribution in [-0.4, -0.2) is 28.8 Å². The molecular formula is C19H24N4O. The van der Waals surface area contributed by atoms with Crippen LogP contribution < -0.4 is 10.2 Å². The summed E-state index contributed by atoms with van der Waals surface area (Å²) in [4.78, 5) is 23.1. The molecule has 2 heterocycles. The Hall–Kier alpha value is -2.43. The van der Waals surface area contributed by atoms with Crippen molar-refractivity contribution in [3.8, 4) is 0 Å². The summed E-state index contributed by atoms with van der Waals surface area (Å²) >= 11 is 0. The van der Waals surface area contributed by atoms with Gasteiger partial charge in [-0.2, -0.15) is 4.98 Å². The van der Waals surface area contributed by atoms with E-state index >= 15 is 0 Å². The lowest BCUT2D eigenvalue weighted by molar-refractivity contribution is 0.101. The first-order valence-corrected chi connectivity index (χ1v) is 8.60. The maximum atomic E-state index is 11.5. The van der Waals surface area contributed by atoms with Gasteiger partial charge in [-0.15, -0.1) is 0 Å². The van der Waals surface area contributed by atoms with E-state index in [9.17, 15) is 4.79 Å². The number of nitrogens with one attached hydrogen (secondary N) is 1. The average molecular weight is 324 g/mol. The minimum Gasteiger partial charge on any atom is -0.341 e. The Morgan fingerprint density at radius 2 is 1.83 bits per heavy atom. The summed E-state index contributed by atoms with van der Waals surface area (Å²) in [5.74, 6) is 1.62. The van der Waals surface area contributed by atoms with Gasteiger partial charge in [0, 0.05) is 36.1 Å². The van der Waals surface area contributed by atoms with Crippen LogP contribution >= 0.6 is 0 Å². The Labute approximate surface area is 143 Å². The molecule has 1 aromatic carbocycles. The fourth-order valence-corrected chi connectivity index (χ4v) is 2.99. The number of hydrogen-bond donors (Lipinski definition) is 1. The molecular weight excluding hydrogens is 300 g/mol. The number of ketones is 1. The van der Waals surface area contributed by atoms with E-state index in [1.807, 2.05) is 37.3 Å². The van der Waals surface area contributed by atoms with Gasteiger partial charge in [-0.05, 0) is 38.8 Å². The number of benzene rings is 1. The third kappa shape index (κ3) is 4.10. The molecule has 0 saturated carbocycles. The topological polar surface area (TPSA) is 58.1 Å². The highest BCUT2D eigenvalue weighted by molar-refractivity contribution is 5.95. The van der Waals surface area contributed by atoms with Gasteiger partial charge in [0.2, 0.25) is 5.95 Å². The lowest BCUT2D eigenvalue weighted by Crippen LogP contribution is -2.26. The van der Waals surface area contributed by atoms with Crippen LogP contribution in [0.3, 0.4) is 0 Å². The monoisotopic (exact) mass is 324 g/mol. The van der Waals surface area contributed by atoms with Gasteiger partial charge in [0.25, 0.3) is 0 Å². The summed E-state index contributed by atoms with van der Waals surface area (Å²) < 4.78 is 0. The van der Waals surface area contributed by atoms with Crippen molar-refractivity contribution < 1.29 is 4.79 Å². The highest BCUT2D eigenvalue weighted by atomic mass is 16.1. The summed E-state index contributed by atoms with van der Waals surface area (Å²) in [6.07, 6.45) is 4.96. The fraction of sp³-hybridized carbons (Fsp3) is 0.421. The van der Waals surface area contributed by atoms with Gasteiger partial charge in [0.15, 0.2) is 5.78 Å². The Balaban J connectivity index is 1.83. The van der Waals surface area contributed by atoms with E-state index < -0.39 is 0 Å². The van der Waals surface area contributed by atoms with Crippen molar-refractivity contribution in [1.82, 2.24) is 9.97 Å². The van der Waals surface area contributed by atoms with Crippen LogP contribution in [0.25, 0.3) is 0 Å². The molecule has 1 fully saturated rings. The second-order valence-electron chi connectivity index (χ2n) is 6.36. The molecule has 1 N–H and O–H groups in total. The molecule has 0 bridgehead atoms. The number of aromatic nitrogens is 2. The predicted molar refractivity (Wildman–Crippen MR) is 97.2 cm³/mol. The number of anilines is 3. The minimum absolute atomic E-state index is 0.0581. The SMILES string of the molecule is CC(=O)c1cccc(Nc2cc(C)nc(N3CCCCCC3)n2)c1. The Kier molecular flexibility index (Phi) is 5.08. The average Bonchev–Trinajstić information content (AvgIpc) is 2.84. The standard InChI is InChI=1S/C19H24N4O/c1-14-12-18(21-17-9-7-8-16(13-17)15(2)24)22-19(20-14)23-10-5-3-4-6-11-23/h7-9,12-13H,3-6,10-11H2,1-2H3,(H,20,21,22). The summed E-state index contributed by atoms with van der Waals surface area (Å²) in [6, 6.07) is 9.42. The second-order valence-corrected chi connectivity index (χ2v) is 6.36. The zero-order valence-corrected chi connectivity index (χ0v) is 14.4. The van der Waals surface area contributed by atoms with Crippen LogP contribution in [0, 0.1) is 6.92 Å². The summed E-state index contributed by atoms with van der Waals surface area (Å²) in [5, 5.41) is 3.31. The van der Waals surface area contributed by atoms with Crippen LogP contribution in [0.5, 0.6) is 0 Å². The zero-order valence-electron chi connectivity index (χ0n) is 14.4. The molecule has 1 saturated heterocycles. The van der Waals surface area contributed by atoms with Crippen molar-refractivity contribution in [2.45, 2.75) is 39.5 Å². The van der Waals surface area contributed by atoms with Crippen LogP contribution in [0.15, 0.2) is 30.3 Å². The second kappa shape index (κ2) is 7.43. The molecule has 24 heavy (non-hydrogen) atoms. The number of carbonyl (C=O) groups excluding carboxylic acids is 1. The smallest absolute Gasteiger partial charge is 0.227 e. The molecule has 1 aliphatic rings. The van der Waals surface area contributed by atoms with Crippen LogP contribution in [0.1, 0.15) is 48.7 Å². The highest BCUT2D eigenvalue weighted by Crippen LogP contribution is 2.21. The lowest BCUT2D eigenvalue weighted by Gasteiger charge is -2.21. The predicted octanol–water partition coefficient (Wildman–Crippen LogP) is 4.11. The molecule has 0 atom stereocenters. The van der Waals surface area contributed by atoms with E-state index in [1.165, 1.54) is 25.7 Å². The normalized spacial score (nSPS) is 15.0. The third-order valence-electron chi connectivity index (χ3n) is 4.27. The first kappa shape index (κ1) is 16.4. The van der Waals surface area contributed by atoms with Crippen molar-refractivity contribution >= 4 is 23.2 Å². The molecule has 1 aromatic heterocycles. The van der Waals surface area contributed by atoms with Crippen molar-refractivity contribution in [2.24, 2.45) is 0 Å². The van der Waals surface area contributed by atoms with Crippen molar-refractivity contribution in [2.75, 3.05) is 23.3 Å². The van der Waals surface area contributed by atoms with Gasteiger partial charge >= 0.3 is 0 Å². The summed E-state index contributed by atoms with van der Waals surface area (Å²) in [6.45, 7) is 5.59. The first-order chi connectivity index (χ1) is 11.6. The zero-order chi connectivity index (χ0) is 16.9. The molecule has 3 rings (SSSR count). The number of hydrogen-bond acceptors (Lipinski definition) is 5. The molecule has 126 valence electrons. The van der Waals surface area contributed by atoms with Crippen LogP contribution in [0.4, 0.5) is 17.5 Å². The van der Waals surface area contributed by atoms with Crippen LogP contribution in [0.2, 0.25) is 0 Å². The molecule has 0 radical (unpaired) electrons. The van der Waals surface area contributed by atoms with Crippen molar-refractivity contribution in [3.05, 3.63) is 41.6 Å². The van der Waals surface area contributed by atoms with E-state index in [0.717, 1.165) is 36.2 Å². The number of rotatable bonds is 4. The number of aryl methyl sites for hydroxylation is 1. The third-order valence-corrected chi connectivity index (χ3v) is 4.27. The summed E-state index contributed by atoms with van der Waals surface area (Å²) in [7, 11) is 0. The van der Waals surface area contributed by atoms with Gasteiger partial charge in [0.05, 0.1) is 0 Å². The lowest BCUT2D eigenvalue weighted by atomic mass is 10.1. The Morgan fingerprint density at radius 3 is 2.54 bits per heavy atom. The molecule has 0 unspecified atom stereocenters. The van der Waals surface area contributed by atoms with Crippen LogP contribution in [-0.2, 0) is 0 Å². The Bertz CT molecular complexity index is 721. The van der Waals surface area contributed by atoms with Gasteiger partial charge in [-0.1, -0.05) is 25.0 Å². The van der Waals surface area contributed by atoms with E-state index in [0.29, 0.717) is 5.56 Å². The maximum absolute atomic E-state index is 11.5. The minimum atomic E-state index is 0.0581. The molecule has 2 aromatic rings. The van der Waals surface area contributed by atoms with E-state index in [4.69, 9.17) is 0 Å². The molecule has 0 aliphatic carbocycles. The summed E-state index contributed by atoms with van der Waals surface area (Å²) in [5.41, 5.74) is 2.50. The van der Waals surface area contributed by atoms with E-state index in [1.54, 1.807) is 6.92 Å². The quantitative estimate of drug-likeness (QED) is 0.858. The van der Waals surface area contributed by atoms with Crippen molar-refractivity contribution in [1.29, 1.82) is 0 Å². The van der Waals surface area contributed by atoms with Gasteiger partial charge in [0.1, 0.15) is 5.82 Å². The fourth-order valence-electron chi connectivity index (χ4n) is 2.99. The number of Topliss-reactive ketones (excluding diaryl/α,β-unsaturated/α-hetero) is 1. The first-order valence-electron chi connectivity index (χ1n) is 8.60. The molecule has 0 spiro atoms. The molecule has 5 nitrogen and oxygen atoms in total. The van der Waals surface area contributed by atoms with E-state index in [-0.39, 0.29) is 5.78 Å². The molecule has 1 aliphatic heterocycles.